The predicted octanol–water partition coefficient (Wildman–Crippen LogP) is 1.31. The standard InChI is InChI=1S/C10H11N7S/c1-5-2-12-7(18-5)4-13-8-6-3-14-17-9(6)16-10(11)15-8/h2-3H,4H2,1H3,(H4,11,13,14,15,16,17). The minimum atomic E-state index is 0.213. The predicted molar refractivity (Wildman–Crippen MR) is 70.3 cm³/mol. The highest BCUT2D eigenvalue weighted by Crippen LogP contribution is 2.20. The Labute approximate surface area is 106 Å². The largest absolute Gasteiger partial charge is 0.368 e. The summed E-state index contributed by atoms with van der Waals surface area (Å²) in [7, 11) is 0. The van der Waals surface area contributed by atoms with E-state index in [1.165, 1.54) is 4.88 Å². The number of hydrogen-bond acceptors (Lipinski definition) is 7. The normalized spacial score (nSPS) is 10.9. The van der Waals surface area contributed by atoms with Crippen LogP contribution in [0.3, 0.4) is 0 Å². The van der Waals surface area contributed by atoms with Gasteiger partial charge in [0, 0.05) is 11.1 Å². The summed E-state index contributed by atoms with van der Waals surface area (Å²) in [4.78, 5) is 13.7. The summed E-state index contributed by atoms with van der Waals surface area (Å²) in [6, 6.07) is 0. The summed E-state index contributed by atoms with van der Waals surface area (Å²) >= 11 is 1.65. The molecule has 0 fully saturated rings. The van der Waals surface area contributed by atoms with Crippen molar-refractivity contribution in [2.75, 3.05) is 11.1 Å². The summed E-state index contributed by atoms with van der Waals surface area (Å²) in [5.41, 5.74) is 6.26. The fraction of sp³-hybridized carbons (Fsp3) is 0.200. The van der Waals surface area contributed by atoms with Crippen LogP contribution in [-0.4, -0.2) is 25.1 Å². The van der Waals surface area contributed by atoms with Crippen molar-refractivity contribution >= 4 is 34.1 Å². The number of aromatic nitrogens is 5. The molecule has 0 radical (unpaired) electrons. The topological polar surface area (TPSA) is 105 Å². The fourth-order valence-electron chi connectivity index (χ4n) is 1.63. The van der Waals surface area contributed by atoms with Crippen LogP contribution >= 0.6 is 11.3 Å². The Hall–Kier alpha value is -2.22. The van der Waals surface area contributed by atoms with E-state index in [9.17, 15) is 0 Å². The van der Waals surface area contributed by atoms with Crippen molar-refractivity contribution in [1.29, 1.82) is 0 Å². The van der Waals surface area contributed by atoms with E-state index < -0.39 is 0 Å². The maximum absolute atomic E-state index is 5.63. The highest BCUT2D eigenvalue weighted by atomic mass is 32.1. The molecule has 0 spiro atoms. The molecule has 0 saturated heterocycles. The number of rotatable bonds is 3. The highest BCUT2D eigenvalue weighted by molar-refractivity contribution is 7.11. The fourth-order valence-corrected chi connectivity index (χ4v) is 2.36. The lowest BCUT2D eigenvalue weighted by molar-refractivity contribution is 1.07. The Morgan fingerprint density at radius 2 is 2.28 bits per heavy atom. The van der Waals surface area contributed by atoms with Crippen LogP contribution in [0.2, 0.25) is 0 Å². The molecule has 0 atom stereocenters. The van der Waals surface area contributed by atoms with Gasteiger partial charge in [0.15, 0.2) is 5.65 Å². The SMILES string of the molecule is Cc1cnc(CNc2nc(N)nc3[nH]ncc23)s1. The Bertz CT molecular complexity index is 686. The van der Waals surface area contributed by atoms with E-state index in [4.69, 9.17) is 5.73 Å². The van der Waals surface area contributed by atoms with Gasteiger partial charge in [0.2, 0.25) is 5.95 Å². The van der Waals surface area contributed by atoms with Gasteiger partial charge in [0.1, 0.15) is 10.8 Å². The molecule has 0 aliphatic rings. The van der Waals surface area contributed by atoms with E-state index in [2.05, 4.69) is 30.5 Å². The van der Waals surface area contributed by atoms with Crippen molar-refractivity contribution < 1.29 is 0 Å². The monoisotopic (exact) mass is 261 g/mol. The number of aromatic amines is 1. The Kier molecular flexibility index (Phi) is 2.56. The molecule has 0 unspecified atom stereocenters. The van der Waals surface area contributed by atoms with Crippen molar-refractivity contribution in [2.45, 2.75) is 13.5 Å². The van der Waals surface area contributed by atoms with Gasteiger partial charge in [0.25, 0.3) is 0 Å². The first-order valence-corrected chi connectivity index (χ1v) is 6.16. The third kappa shape index (κ3) is 1.97. The molecule has 8 heteroatoms. The lowest BCUT2D eigenvalue weighted by Gasteiger charge is -2.04. The number of H-pyrrole nitrogens is 1. The van der Waals surface area contributed by atoms with Crippen LogP contribution in [0.4, 0.5) is 11.8 Å². The van der Waals surface area contributed by atoms with Crippen LogP contribution in [0.5, 0.6) is 0 Å². The number of aryl methyl sites for hydroxylation is 1. The van der Waals surface area contributed by atoms with Crippen molar-refractivity contribution in [3.8, 4) is 0 Å². The van der Waals surface area contributed by atoms with Crippen LogP contribution in [0.25, 0.3) is 11.0 Å². The number of thiazole rings is 1. The summed E-state index contributed by atoms with van der Waals surface area (Å²) in [6.45, 7) is 2.63. The zero-order valence-electron chi connectivity index (χ0n) is 9.64. The number of fused-ring (bicyclic) bond motifs is 1. The molecule has 0 aromatic carbocycles. The second-order valence-corrected chi connectivity index (χ2v) is 5.10. The molecule has 0 bridgehead atoms. The lowest BCUT2D eigenvalue weighted by Crippen LogP contribution is -2.04. The van der Waals surface area contributed by atoms with Gasteiger partial charge >= 0.3 is 0 Å². The number of anilines is 2. The maximum atomic E-state index is 5.63. The molecule has 0 aliphatic carbocycles. The van der Waals surface area contributed by atoms with Crippen LogP contribution in [0.1, 0.15) is 9.88 Å². The van der Waals surface area contributed by atoms with Crippen LogP contribution in [0, 0.1) is 6.92 Å². The molecule has 3 heterocycles. The maximum Gasteiger partial charge on any atom is 0.224 e. The molecule has 18 heavy (non-hydrogen) atoms. The Balaban J connectivity index is 1.87. The third-order valence-corrected chi connectivity index (χ3v) is 3.32. The smallest absolute Gasteiger partial charge is 0.224 e. The van der Waals surface area contributed by atoms with Crippen molar-refractivity contribution in [3.63, 3.8) is 0 Å². The molecule has 3 rings (SSSR count). The zero-order chi connectivity index (χ0) is 12.5. The minimum Gasteiger partial charge on any atom is -0.368 e. The van der Waals surface area contributed by atoms with Crippen LogP contribution in [0.15, 0.2) is 12.4 Å². The van der Waals surface area contributed by atoms with Gasteiger partial charge in [-0.2, -0.15) is 15.1 Å². The van der Waals surface area contributed by atoms with Crippen molar-refractivity contribution in [3.05, 3.63) is 22.3 Å². The summed E-state index contributed by atoms with van der Waals surface area (Å²) < 4.78 is 0. The molecular weight excluding hydrogens is 250 g/mol. The van der Waals surface area contributed by atoms with Gasteiger partial charge in [-0.05, 0) is 6.92 Å². The third-order valence-electron chi connectivity index (χ3n) is 2.40. The quantitative estimate of drug-likeness (QED) is 0.656. The Morgan fingerprint density at radius 1 is 1.39 bits per heavy atom. The molecular formula is C10H11N7S. The Morgan fingerprint density at radius 3 is 3.06 bits per heavy atom. The number of hydrogen-bond donors (Lipinski definition) is 3. The van der Waals surface area contributed by atoms with E-state index in [-0.39, 0.29) is 5.95 Å². The zero-order valence-corrected chi connectivity index (χ0v) is 10.5. The van der Waals surface area contributed by atoms with Gasteiger partial charge in [-0.3, -0.25) is 5.10 Å². The average Bonchev–Trinajstić information content (AvgIpc) is 2.94. The van der Waals surface area contributed by atoms with E-state index >= 15 is 0 Å². The summed E-state index contributed by atoms with van der Waals surface area (Å²) in [5.74, 6) is 0.878. The van der Waals surface area contributed by atoms with E-state index in [1.54, 1.807) is 17.5 Å². The summed E-state index contributed by atoms with van der Waals surface area (Å²) in [5, 5.41) is 11.7. The van der Waals surface area contributed by atoms with Crippen molar-refractivity contribution in [1.82, 2.24) is 25.1 Å². The number of nitrogens with two attached hydrogens (primary N) is 1. The molecule has 4 N–H and O–H groups in total. The minimum absolute atomic E-state index is 0.213. The van der Waals surface area contributed by atoms with E-state index in [0.29, 0.717) is 18.0 Å². The highest BCUT2D eigenvalue weighted by Gasteiger charge is 2.08. The average molecular weight is 261 g/mol. The molecule has 3 aromatic heterocycles. The van der Waals surface area contributed by atoms with Gasteiger partial charge < -0.3 is 11.1 Å². The first-order valence-electron chi connectivity index (χ1n) is 5.34. The lowest BCUT2D eigenvalue weighted by atomic mass is 10.4. The second-order valence-electron chi connectivity index (χ2n) is 3.78. The molecule has 7 nitrogen and oxygen atoms in total. The van der Waals surface area contributed by atoms with Gasteiger partial charge in [-0.15, -0.1) is 11.3 Å². The van der Waals surface area contributed by atoms with Crippen LogP contribution in [-0.2, 0) is 6.54 Å². The number of nitrogens with zero attached hydrogens (tertiary/aromatic N) is 4. The first-order chi connectivity index (χ1) is 8.72. The van der Waals surface area contributed by atoms with Gasteiger partial charge in [-0.25, -0.2) is 4.98 Å². The number of nitrogens with one attached hydrogen (secondary N) is 2. The first kappa shape index (κ1) is 10.9. The van der Waals surface area contributed by atoms with Crippen molar-refractivity contribution in [2.24, 2.45) is 0 Å². The van der Waals surface area contributed by atoms with Crippen LogP contribution < -0.4 is 11.1 Å². The van der Waals surface area contributed by atoms with E-state index in [1.807, 2.05) is 13.1 Å². The molecule has 0 amide bonds. The summed E-state index contributed by atoms with van der Waals surface area (Å²) in [6.07, 6.45) is 3.52. The second kappa shape index (κ2) is 4.22. The molecule has 0 saturated carbocycles. The molecule has 92 valence electrons. The molecule has 3 aromatic rings. The van der Waals surface area contributed by atoms with E-state index in [0.717, 1.165) is 10.4 Å². The van der Waals surface area contributed by atoms with Gasteiger partial charge in [-0.1, -0.05) is 0 Å². The van der Waals surface area contributed by atoms with Gasteiger partial charge in [0.05, 0.1) is 18.1 Å². The molecule has 0 aliphatic heterocycles. The number of nitrogen functional groups attached to an aromatic ring is 1.